The topological polar surface area (TPSA) is 52.8 Å². The Morgan fingerprint density at radius 3 is 2.63 bits per heavy atom. The summed E-state index contributed by atoms with van der Waals surface area (Å²) in [6.07, 6.45) is 2.07. The molecule has 0 radical (unpaired) electrons. The highest BCUT2D eigenvalue weighted by Crippen LogP contribution is 2.35. The molecule has 1 aliphatic rings. The van der Waals surface area contributed by atoms with Crippen molar-refractivity contribution in [3.63, 3.8) is 0 Å². The van der Waals surface area contributed by atoms with Crippen LogP contribution < -0.4 is 14.3 Å². The summed E-state index contributed by atoms with van der Waals surface area (Å²) in [6, 6.07) is 11.2. The number of thiazole rings is 1. The number of rotatable bonds is 4. The summed E-state index contributed by atoms with van der Waals surface area (Å²) >= 11 is 6.64. The Hall–Kier alpha value is -1.77. The average Bonchev–Trinajstić information content (AvgIpc) is 3.00. The molecule has 0 spiro atoms. The molecule has 0 atom stereocenters. The SMILES string of the molecule is CSCCn1c(=NC(=O)c2ccc(Br)cc2)sc2cc3c(cc21)OCCO3. The number of aromatic nitrogens is 1. The summed E-state index contributed by atoms with van der Waals surface area (Å²) in [5, 5.41) is 0. The predicted octanol–water partition coefficient (Wildman–Crippen LogP) is 4.34. The van der Waals surface area contributed by atoms with Gasteiger partial charge in [0, 0.05) is 34.5 Å². The molecule has 0 saturated heterocycles. The first-order valence-electron chi connectivity index (χ1n) is 8.42. The quantitative estimate of drug-likeness (QED) is 0.576. The zero-order valence-corrected chi connectivity index (χ0v) is 17.8. The number of hydrogen-bond acceptors (Lipinski definition) is 5. The standard InChI is InChI=1S/C19H17BrN2O3S2/c1-26-9-6-22-14-10-15-16(25-8-7-24-15)11-17(14)27-19(22)21-18(23)12-2-4-13(20)5-3-12/h2-5,10-11H,6-9H2,1H3. The summed E-state index contributed by atoms with van der Waals surface area (Å²) in [5.74, 6) is 2.18. The molecule has 0 unspecified atom stereocenters. The van der Waals surface area contributed by atoms with Crippen molar-refractivity contribution in [1.29, 1.82) is 0 Å². The van der Waals surface area contributed by atoms with Crippen LogP contribution in [0.5, 0.6) is 11.5 Å². The third-order valence-electron chi connectivity index (χ3n) is 4.15. The lowest BCUT2D eigenvalue weighted by Gasteiger charge is -2.18. The molecule has 3 aromatic rings. The number of aryl methyl sites for hydroxylation is 1. The summed E-state index contributed by atoms with van der Waals surface area (Å²) in [6.45, 7) is 1.87. The molecule has 5 nitrogen and oxygen atoms in total. The van der Waals surface area contributed by atoms with Gasteiger partial charge in [-0.3, -0.25) is 4.79 Å². The molecule has 2 heterocycles. The van der Waals surface area contributed by atoms with E-state index >= 15 is 0 Å². The number of hydrogen-bond donors (Lipinski definition) is 0. The Kier molecular flexibility index (Phi) is 5.56. The maximum atomic E-state index is 12.6. The van der Waals surface area contributed by atoms with E-state index in [1.165, 1.54) is 11.3 Å². The highest BCUT2D eigenvalue weighted by atomic mass is 79.9. The lowest BCUT2D eigenvalue weighted by Crippen LogP contribution is -2.18. The number of fused-ring (bicyclic) bond motifs is 2. The van der Waals surface area contributed by atoms with Gasteiger partial charge in [0.1, 0.15) is 13.2 Å². The number of halogens is 1. The van der Waals surface area contributed by atoms with E-state index in [0.29, 0.717) is 23.6 Å². The van der Waals surface area contributed by atoms with E-state index in [9.17, 15) is 4.79 Å². The molecule has 0 N–H and O–H groups in total. The highest BCUT2D eigenvalue weighted by Gasteiger charge is 2.17. The maximum Gasteiger partial charge on any atom is 0.279 e. The molecule has 0 saturated carbocycles. The van der Waals surface area contributed by atoms with E-state index in [-0.39, 0.29) is 5.91 Å². The van der Waals surface area contributed by atoms with Crippen LogP contribution >= 0.6 is 39.0 Å². The fourth-order valence-electron chi connectivity index (χ4n) is 2.83. The number of thioether (sulfide) groups is 1. The van der Waals surface area contributed by atoms with Crippen molar-refractivity contribution < 1.29 is 14.3 Å². The number of benzene rings is 2. The van der Waals surface area contributed by atoms with Gasteiger partial charge in [0.2, 0.25) is 0 Å². The first kappa shape index (κ1) is 18.6. The van der Waals surface area contributed by atoms with Crippen molar-refractivity contribution in [3.05, 3.63) is 51.2 Å². The Morgan fingerprint density at radius 1 is 1.22 bits per heavy atom. The van der Waals surface area contributed by atoms with Gasteiger partial charge >= 0.3 is 0 Å². The minimum atomic E-state index is -0.246. The zero-order chi connectivity index (χ0) is 18.8. The van der Waals surface area contributed by atoms with Crippen LogP contribution in [-0.4, -0.2) is 35.7 Å². The largest absolute Gasteiger partial charge is 0.486 e. The van der Waals surface area contributed by atoms with Crippen LogP contribution in [0.15, 0.2) is 45.9 Å². The van der Waals surface area contributed by atoms with Gasteiger partial charge in [-0.25, -0.2) is 0 Å². The molecule has 140 valence electrons. The van der Waals surface area contributed by atoms with Gasteiger partial charge < -0.3 is 14.0 Å². The molecule has 8 heteroatoms. The van der Waals surface area contributed by atoms with Gasteiger partial charge in [0.25, 0.3) is 5.91 Å². The van der Waals surface area contributed by atoms with Crippen molar-refractivity contribution in [2.45, 2.75) is 6.54 Å². The Bertz CT molecular complexity index is 1060. The number of carbonyl (C=O) groups excluding carboxylic acids is 1. The van der Waals surface area contributed by atoms with Crippen molar-refractivity contribution in [2.75, 3.05) is 25.2 Å². The normalized spacial score (nSPS) is 13.9. The Balaban J connectivity index is 1.82. The van der Waals surface area contributed by atoms with Crippen molar-refractivity contribution >= 4 is 55.2 Å². The number of ether oxygens (including phenoxy) is 2. The summed E-state index contributed by atoms with van der Waals surface area (Å²) in [7, 11) is 0. The van der Waals surface area contributed by atoms with Crippen molar-refractivity contribution in [2.24, 2.45) is 4.99 Å². The Labute approximate surface area is 173 Å². The second kappa shape index (κ2) is 8.08. The van der Waals surface area contributed by atoms with Crippen LogP contribution in [0.2, 0.25) is 0 Å². The van der Waals surface area contributed by atoms with E-state index < -0.39 is 0 Å². The minimum absolute atomic E-state index is 0.246. The lowest BCUT2D eigenvalue weighted by atomic mass is 10.2. The minimum Gasteiger partial charge on any atom is -0.486 e. The van der Waals surface area contributed by atoms with Gasteiger partial charge in [-0.2, -0.15) is 16.8 Å². The molecule has 27 heavy (non-hydrogen) atoms. The van der Waals surface area contributed by atoms with E-state index in [1.807, 2.05) is 24.3 Å². The smallest absolute Gasteiger partial charge is 0.279 e. The first-order valence-corrected chi connectivity index (χ1v) is 11.4. The summed E-state index contributed by atoms with van der Waals surface area (Å²) in [5.41, 5.74) is 1.58. The van der Waals surface area contributed by atoms with Crippen LogP contribution in [0, 0.1) is 0 Å². The van der Waals surface area contributed by atoms with Crippen molar-refractivity contribution in [1.82, 2.24) is 4.57 Å². The fourth-order valence-corrected chi connectivity index (χ4v) is 4.53. The van der Waals surface area contributed by atoms with E-state index in [2.05, 4.69) is 31.7 Å². The predicted molar refractivity (Wildman–Crippen MR) is 113 cm³/mol. The van der Waals surface area contributed by atoms with Crippen LogP contribution in [0.4, 0.5) is 0 Å². The zero-order valence-electron chi connectivity index (χ0n) is 14.6. The molecule has 0 aliphatic carbocycles. The third kappa shape index (κ3) is 3.93. The molecular weight excluding hydrogens is 448 g/mol. The van der Waals surface area contributed by atoms with Gasteiger partial charge in [0.05, 0.1) is 10.2 Å². The number of carbonyl (C=O) groups is 1. The van der Waals surface area contributed by atoms with Gasteiger partial charge in [-0.1, -0.05) is 27.3 Å². The van der Waals surface area contributed by atoms with Crippen molar-refractivity contribution in [3.8, 4) is 11.5 Å². The number of nitrogens with zero attached hydrogens (tertiary/aromatic N) is 2. The molecule has 1 amide bonds. The molecule has 0 fully saturated rings. The van der Waals surface area contributed by atoms with Gasteiger partial charge in [-0.05, 0) is 30.5 Å². The van der Waals surface area contributed by atoms with Crippen LogP contribution in [-0.2, 0) is 6.54 Å². The molecule has 1 aromatic heterocycles. The first-order chi connectivity index (χ1) is 13.2. The molecular formula is C19H17BrN2O3S2. The third-order valence-corrected chi connectivity index (χ3v) is 6.31. The van der Waals surface area contributed by atoms with Crippen LogP contribution in [0.3, 0.4) is 0 Å². The summed E-state index contributed by atoms with van der Waals surface area (Å²) < 4.78 is 15.5. The van der Waals surface area contributed by atoms with Crippen LogP contribution in [0.1, 0.15) is 10.4 Å². The molecule has 1 aliphatic heterocycles. The average molecular weight is 465 g/mol. The maximum absolute atomic E-state index is 12.6. The molecule has 2 aromatic carbocycles. The lowest BCUT2D eigenvalue weighted by molar-refractivity contribution is 0.0998. The van der Waals surface area contributed by atoms with Crippen LogP contribution in [0.25, 0.3) is 10.2 Å². The molecule has 0 bridgehead atoms. The Morgan fingerprint density at radius 2 is 1.93 bits per heavy atom. The second-order valence-electron chi connectivity index (χ2n) is 5.92. The van der Waals surface area contributed by atoms with E-state index in [0.717, 1.165) is 38.5 Å². The van der Waals surface area contributed by atoms with Gasteiger partial charge in [0.15, 0.2) is 16.3 Å². The fraction of sp³-hybridized carbons (Fsp3) is 0.263. The molecule has 4 rings (SSSR count). The summed E-state index contributed by atoms with van der Waals surface area (Å²) in [4.78, 5) is 17.7. The monoisotopic (exact) mass is 464 g/mol. The van der Waals surface area contributed by atoms with Gasteiger partial charge in [-0.15, -0.1) is 0 Å². The second-order valence-corrected chi connectivity index (χ2v) is 8.83. The highest BCUT2D eigenvalue weighted by molar-refractivity contribution is 9.10. The van der Waals surface area contributed by atoms with E-state index in [1.54, 1.807) is 23.9 Å². The number of amides is 1. The van der Waals surface area contributed by atoms with E-state index in [4.69, 9.17) is 9.47 Å².